The number of rotatable bonds is 5. The molecule has 0 saturated carbocycles. The van der Waals surface area contributed by atoms with E-state index in [2.05, 4.69) is 10.2 Å². The van der Waals surface area contributed by atoms with Gasteiger partial charge in [0.15, 0.2) is 0 Å². The van der Waals surface area contributed by atoms with E-state index in [1.807, 2.05) is 6.92 Å². The number of hydrogen-bond acceptors (Lipinski definition) is 5. The SMILES string of the molecule is CCOC(=O)C1CCN(CC(=O)NC2CCOCC2)CC1. The molecule has 21 heavy (non-hydrogen) atoms. The Kier molecular flexibility index (Phi) is 6.45. The maximum Gasteiger partial charge on any atom is 0.309 e. The minimum Gasteiger partial charge on any atom is -0.466 e. The lowest BCUT2D eigenvalue weighted by Crippen LogP contribution is -2.46. The lowest BCUT2D eigenvalue weighted by molar-refractivity contribution is -0.149. The fraction of sp³-hybridized carbons (Fsp3) is 0.867. The van der Waals surface area contributed by atoms with Gasteiger partial charge in [-0.2, -0.15) is 0 Å². The number of amides is 1. The van der Waals surface area contributed by atoms with Crippen LogP contribution >= 0.6 is 0 Å². The number of nitrogens with one attached hydrogen (secondary N) is 1. The van der Waals surface area contributed by atoms with Crippen LogP contribution in [-0.4, -0.2) is 62.3 Å². The van der Waals surface area contributed by atoms with E-state index in [9.17, 15) is 9.59 Å². The molecular weight excluding hydrogens is 272 g/mol. The molecule has 2 aliphatic heterocycles. The van der Waals surface area contributed by atoms with Gasteiger partial charge < -0.3 is 14.8 Å². The third-order valence-electron chi connectivity index (χ3n) is 4.16. The third-order valence-corrected chi connectivity index (χ3v) is 4.16. The molecule has 6 heteroatoms. The molecule has 2 rings (SSSR count). The minimum atomic E-state index is -0.0937. The highest BCUT2D eigenvalue weighted by Gasteiger charge is 2.27. The van der Waals surface area contributed by atoms with Gasteiger partial charge in [-0.25, -0.2) is 0 Å². The molecular formula is C15H26N2O4. The molecule has 0 unspecified atom stereocenters. The van der Waals surface area contributed by atoms with Crippen molar-refractivity contribution < 1.29 is 19.1 Å². The zero-order chi connectivity index (χ0) is 15.1. The second-order valence-corrected chi connectivity index (χ2v) is 5.76. The first-order chi connectivity index (χ1) is 10.2. The summed E-state index contributed by atoms with van der Waals surface area (Å²) in [4.78, 5) is 25.8. The highest BCUT2D eigenvalue weighted by Crippen LogP contribution is 2.18. The number of likely N-dealkylation sites (tertiary alicyclic amines) is 1. The molecule has 0 aliphatic carbocycles. The Balaban J connectivity index is 1.65. The van der Waals surface area contributed by atoms with Gasteiger partial charge in [-0.15, -0.1) is 0 Å². The van der Waals surface area contributed by atoms with E-state index in [0.717, 1.165) is 52.0 Å². The van der Waals surface area contributed by atoms with Crippen molar-refractivity contribution in [1.29, 1.82) is 0 Å². The van der Waals surface area contributed by atoms with Crippen LogP contribution in [0.4, 0.5) is 0 Å². The van der Waals surface area contributed by atoms with Gasteiger partial charge in [0.1, 0.15) is 0 Å². The van der Waals surface area contributed by atoms with Gasteiger partial charge in [-0.3, -0.25) is 14.5 Å². The molecule has 1 amide bonds. The van der Waals surface area contributed by atoms with E-state index in [4.69, 9.17) is 9.47 Å². The normalized spacial score (nSPS) is 22.0. The second kappa shape index (κ2) is 8.34. The Labute approximate surface area is 126 Å². The van der Waals surface area contributed by atoms with Gasteiger partial charge in [0, 0.05) is 19.3 Å². The summed E-state index contributed by atoms with van der Waals surface area (Å²) in [6.45, 7) is 5.72. The van der Waals surface area contributed by atoms with Crippen LogP contribution in [0.3, 0.4) is 0 Å². The van der Waals surface area contributed by atoms with Crippen LogP contribution in [-0.2, 0) is 19.1 Å². The van der Waals surface area contributed by atoms with Gasteiger partial charge in [-0.05, 0) is 45.7 Å². The van der Waals surface area contributed by atoms with Crippen molar-refractivity contribution in [2.24, 2.45) is 5.92 Å². The first-order valence-corrected chi connectivity index (χ1v) is 7.95. The predicted octanol–water partition coefficient (Wildman–Crippen LogP) is 0.557. The highest BCUT2D eigenvalue weighted by atomic mass is 16.5. The Morgan fingerprint density at radius 2 is 1.86 bits per heavy atom. The summed E-state index contributed by atoms with van der Waals surface area (Å²) < 4.78 is 10.3. The first kappa shape index (κ1) is 16.2. The van der Waals surface area contributed by atoms with Gasteiger partial charge >= 0.3 is 5.97 Å². The van der Waals surface area contributed by atoms with Gasteiger partial charge in [0.05, 0.1) is 19.1 Å². The second-order valence-electron chi connectivity index (χ2n) is 5.76. The zero-order valence-electron chi connectivity index (χ0n) is 12.8. The van der Waals surface area contributed by atoms with E-state index in [-0.39, 0.29) is 23.8 Å². The fourth-order valence-corrected chi connectivity index (χ4v) is 2.91. The van der Waals surface area contributed by atoms with Crippen molar-refractivity contribution in [2.45, 2.75) is 38.6 Å². The maximum absolute atomic E-state index is 12.0. The molecule has 0 bridgehead atoms. The lowest BCUT2D eigenvalue weighted by atomic mass is 9.97. The summed E-state index contributed by atoms with van der Waals surface area (Å²) in [6, 6.07) is 0.253. The number of nitrogens with zero attached hydrogens (tertiary/aromatic N) is 1. The summed E-state index contributed by atoms with van der Waals surface area (Å²) in [5.41, 5.74) is 0. The van der Waals surface area contributed by atoms with Crippen LogP contribution in [0.5, 0.6) is 0 Å². The van der Waals surface area contributed by atoms with Crippen LogP contribution in [0, 0.1) is 5.92 Å². The van der Waals surface area contributed by atoms with Crippen LogP contribution < -0.4 is 5.32 Å². The molecule has 0 radical (unpaired) electrons. The summed E-state index contributed by atoms with van der Waals surface area (Å²) in [6.07, 6.45) is 3.36. The topological polar surface area (TPSA) is 67.9 Å². The van der Waals surface area contributed by atoms with E-state index >= 15 is 0 Å². The molecule has 2 heterocycles. The molecule has 0 aromatic heterocycles. The highest BCUT2D eigenvalue weighted by molar-refractivity contribution is 5.78. The molecule has 2 saturated heterocycles. The van der Waals surface area contributed by atoms with Crippen LogP contribution in [0.2, 0.25) is 0 Å². The molecule has 0 atom stereocenters. The Bertz CT molecular complexity index is 348. The third kappa shape index (κ3) is 5.28. The Morgan fingerprint density at radius 1 is 1.19 bits per heavy atom. The molecule has 2 aliphatic rings. The smallest absolute Gasteiger partial charge is 0.309 e. The van der Waals surface area contributed by atoms with Crippen molar-refractivity contribution in [3.05, 3.63) is 0 Å². The van der Waals surface area contributed by atoms with Crippen molar-refractivity contribution in [2.75, 3.05) is 39.5 Å². The van der Waals surface area contributed by atoms with Crippen molar-refractivity contribution >= 4 is 11.9 Å². The van der Waals surface area contributed by atoms with Crippen LogP contribution in [0.25, 0.3) is 0 Å². The Morgan fingerprint density at radius 3 is 2.48 bits per heavy atom. The molecule has 0 aromatic rings. The number of hydrogen-bond donors (Lipinski definition) is 1. The number of carbonyl (C=O) groups excluding carboxylic acids is 2. The van der Waals surface area contributed by atoms with E-state index in [1.165, 1.54) is 0 Å². The van der Waals surface area contributed by atoms with Gasteiger partial charge in [0.25, 0.3) is 0 Å². The van der Waals surface area contributed by atoms with Crippen molar-refractivity contribution in [3.8, 4) is 0 Å². The largest absolute Gasteiger partial charge is 0.466 e. The fourth-order valence-electron chi connectivity index (χ4n) is 2.91. The summed E-state index contributed by atoms with van der Waals surface area (Å²) in [5, 5.41) is 3.07. The average molecular weight is 298 g/mol. The van der Waals surface area contributed by atoms with Crippen LogP contribution in [0.15, 0.2) is 0 Å². The standard InChI is InChI=1S/C15H26N2O4/c1-2-21-15(19)12-3-7-17(8-4-12)11-14(18)16-13-5-9-20-10-6-13/h12-13H,2-11H2,1H3,(H,16,18). The van der Waals surface area contributed by atoms with Gasteiger partial charge in [0.2, 0.25) is 5.91 Å². The summed E-state index contributed by atoms with van der Waals surface area (Å²) in [7, 11) is 0. The zero-order valence-corrected chi connectivity index (χ0v) is 12.8. The molecule has 2 fully saturated rings. The monoisotopic (exact) mass is 298 g/mol. The van der Waals surface area contributed by atoms with E-state index in [0.29, 0.717) is 13.2 Å². The summed E-state index contributed by atoms with van der Waals surface area (Å²) >= 11 is 0. The van der Waals surface area contributed by atoms with Crippen molar-refractivity contribution in [3.63, 3.8) is 0 Å². The maximum atomic E-state index is 12.0. The average Bonchev–Trinajstić information content (AvgIpc) is 2.49. The number of carbonyl (C=O) groups is 2. The first-order valence-electron chi connectivity index (χ1n) is 7.95. The molecule has 0 aromatic carbocycles. The molecule has 1 N–H and O–H groups in total. The molecule has 6 nitrogen and oxygen atoms in total. The van der Waals surface area contributed by atoms with Crippen LogP contribution in [0.1, 0.15) is 32.6 Å². The predicted molar refractivity (Wildman–Crippen MR) is 77.8 cm³/mol. The lowest BCUT2D eigenvalue weighted by Gasteiger charge is -2.31. The van der Waals surface area contributed by atoms with E-state index in [1.54, 1.807) is 0 Å². The number of esters is 1. The van der Waals surface area contributed by atoms with E-state index < -0.39 is 0 Å². The molecule has 0 spiro atoms. The number of piperidine rings is 1. The number of ether oxygens (including phenoxy) is 2. The Hall–Kier alpha value is -1.14. The molecule has 120 valence electrons. The van der Waals surface area contributed by atoms with Crippen molar-refractivity contribution in [1.82, 2.24) is 10.2 Å². The summed E-state index contributed by atoms with van der Waals surface area (Å²) in [5.74, 6) is -0.0138. The quantitative estimate of drug-likeness (QED) is 0.751. The minimum absolute atomic E-state index is 0.000227. The van der Waals surface area contributed by atoms with Gasteiger partial charge in [-0.1, -0.05) is 0 Å².